The maximum atomic E-state index is 12.6. The standard InChI is InChI=1S/C20H20N4O2/c1-24(20(14-21)12-5-13-20)18(25)15-8-10-17(11-9-15)23-19(26)22-16-6-3-2-4-7-16/h2-4,6-11H,5,12-13H2,1H3,(H2,22,23,26). The molecule has 0 heterocycles. The molecule has 0 saturated heterocycles. The zero-order valence-electron chi connectivity index (χ0n) is 14.5. The van der Waals surface area contributed by atoms with Crippen LogP contribution < -0.4 is 10.6 Å². The van der Waals surface area contributed by atoms with Crippen molar-refractivity contribution in [2.24, 2.45) is 0 Å². The van der Waals surface area contributed by atoms with E-state index in [4.69, 9.17) is 0 Å². The number of amides is 3. The number of benzene rings is 2. The van der Waals surface area contributed by atoms with E-state index >= 15 is 0 Å². The van der Waals surface area contributed by atoms with Crippen molar-refractivity contribution in [2.45, 2.75) is 24.8 Å². The molecule has 2 N–H and O–H groups in total. The molecule has 6 nitrogen and oxygen atoms in total. The Morgan fingerprint density at radius 2 is 1.58 bits per heavy atom. The maximum Gasteiger partial charge on any atom is 0.323 e. The average molecular weight is 348 g/mol. The zero-order valence-corrected chi connectivity index (χ0v) is 14.5. The van der Waals surface area contributed by atoms with Crippen LogP contribution in [0.2, 0.25) is 0 Å². The predicted octanol–water partition coefficient (Wildman–Crippen LogP) is 3.85. The van der Waals surface area contributed by atoms with Gasteiger partial charge in [-0.3, -0.25) is 4.79 Å². The minimum absolute atomic E-state index is 0.188. The van der Waals surface area contributed by atoms with Gasteiger partial charge in [-0.25, -0.2) is 4.79 Å². The molecule has 0 spiro atoms. The molecule has 0 radical (unpaired) electrons. The summed E-state index contributed by atoms with van der Waals surface area (Å²) in [6, 6.07) is 17.7. The molecule has 3 rings (SSSR count). The molecule has 1 saturated carbocycles. The second kappa shape index (κ2) is 7.28. The van der Waals surface area contributed by atoms with Crippen LogP contribution in [0.25, 0.3) is 0 Å². The lowest BCUT2D eigenvalue weighted by molar-refractivity contribution is 0.0497. The molecular weight excluding hydrogens is 328 g/mol. The quantitative estimate of drug-likeness (QED) is 0.880. The van der Waals surface area contributed by atoms with Crippen LogP contribution in [-0.4, -0.2) is 29.4 Å². The lowest BCUT2D eigenvalue weighted by atomic mass is 9.76. The lowest BCUT2D eigenvalue weighted by Crippen LogP contribution is -2.53. The molecule has 1 aliphatic carbocycles. The third-order valence-corrected chi connectivity index (χ3v) is 4.76. The maximum absolute atomic E-state index is 12.6. The molecule has 26 heavy (non-hydrogen) atoms. The van der Waals surface area contributed by atoms with Crippen LogP contribution in [0.4, 0.5) is 16.2 Å². The highest BCUT2D eigenvalue weighted by Gasteiger charge is 2.43. The van der Waals surface area contributed by atoms with E-state index in [1.807, 2.05) is 18.2 Å². The first-order chi connectivity index (χ1) is 12.5. The fraction of sp³-hybridized carbons (Fsp3) is 0.250. The van der Waals surface area contributed by atoms with Crippen LogP contribution in [0.15, 0.2) is 54.6 Å². The Kier molecular flexibility index (Phi) is 4.90. The van der Waals surface area contributed by atoms with E-state index in [9.17, 15) is 14.9 Å². The molecule has 1 fully saturated rings. The summed E-state index contributed by atoms with van der Waals surface area (Å²) < 4.78 is 0. The zero-order chi connectivity index (χ0) is 18.6. The number of carbonyl (C=O) groups is 2. The highest BCUT2D eigenvalue weighted by atomic mass is 16.2. The van der Waals surface area contributed by atoms with Crippen molar-refractivity contribution in [3.63, 3.8) is 0 Å². The second-order valence-electron chi connectivity index (χ2n) is 6.38. The lowest BCUT2D eigenvalue weighted by Gasteiger charge is -2.42. The molecule has 0 aliphatic heterocycles. The van der Waals surface area contributed by atoms with E-state index in [1.54, 1.807) is 43.4 Å². The van der Waals surface area contributed by atoms with Gasteiger partial charge >= 0.3 is 6.03 Å². The Bertz CT molecular complexity index is 836. The average Bonchev–Trinajstić information content (AvgIpc) is 2.62. The fourth-order valence-corrected chi connectivity index (χ4v) is 2.93. The van der Waals surface area contributed by atoms with Gasteiger partial charge in [-0.15, -0.1) is 0 Å². The smallest absolute Gasteiger partial charge is 0.323 e. The Morgan fingerprint density at radius 3 is 2.08 bits per heavy atom. The first kappa shape index (κ1) is 17.5. The van der Waals surface area contributed by atoms with Crippen LogP contribution in [-0.2, 0) is 0 Å². The third-order valence-electron chi connectivity index (χ3n) is 4.76. The predicted molar refractivity (Wildman–Crippen MR) is 99.8 cm³/mol. The van der Waals surface area contributed by atoms with E-state index in [0.717, 1.165) is 6.42 Å². The summed E-state index contributed by atoms with van der Waals surface area (Å²) >= 11 is 0. The molecule has 132 valence electrons. The summed E-state index contributed by atoms with van der Waals surface area (Å²) in [6.07, 6.45) is 2.39. The van der Waals surface area contributed by atoms with Crippen molar-refractivity contribution in [3.8, 4) is 6.07 Å². The molecule has 0 atom stereocenters. The molecule has 3 amide bonds. The van der Waals surface area contributed by atoms with Crippen molar-refractivity contribution in [1.82, 2.24) is 4.90 Å². The number of para-hydroxylation sites is 1. The van der Waals surface area contributed by atoms with Crippen LogP contribution in [0.3, 0.4) is 0 Å². The number of urea groups is 1. The van der Waals surface area contributed by atoms with Gasteiger partial charge < -0.3 is 15.5 Å². The van der Waals surface area contributed by atoms with Crippen LogP contribution >= 0.6 is 0 Å². The Morgan fingerprint density at radius 1 is 1.00 bits per heavy atom. The molecule has 2 aromatic carbocycles. The molecule has 2 aromatic rings. The number of hydrogen-bond donors (Lipinski definition) is 2. The van der Waals surface area contributed by atoms with Crippen LogP contribution in [0.1, 0.15) is 29.6 Å². The van der Waals surface area contributed by atoms with Crippen molar-refractivity contribution in [1.29, 1.82) is 5.26 Å². The monoisotopic (exact) mass is 348 g/mol. The Labute approximate surface area is 152 Å². The van der Waals surface area contributed by atoms with Gasteiger partial charge in [0.2, 0.25) is 0 Å². The van der Waals surface area contributed by atoms with Crippen molar-refractivity contribution >= 4 is 23.3 Å². The second-order valence-corrected chi connectivity index (χ2v) is 6.38. The molecule has 6 heteroatoms. The molecule has 1 aliphatic rings. The van der Waals surface area contributed by atoms with Gasteiger partial charge in [0.1, 0.15) is 5.54 Å². The molecular formula is C20H20N4O2. The summed E-state index contributed by atoms with van der Waals surface area (Å²) in [7, 11) is 1.67. The number of hydrogen-bond acceptors (Lipinski definition) is 3. The van der Waals surface area contributed by atoms with Crippen molar-refractivity contribution in [2.75, 3.05) is 17.7 Å². The van der Waals surface area contributed by atoms with Gasteiger partial charge in [0, 0.05) is 24.0 Å². The minimum Gasteiger partial charge on any atom is -0.323 e. The number of nitriles is 1. The molecule has 0 unspecified atom stereocenters. The van der Waals surface area contributed by atoms with Gasteiger partial charge in [0.15, 0.2) is 0 Å². The third kappa shape index (κ3) is 3.52. The number of carbonyl (C=O) groups excluding carboxylic acids is 2. The largest absolute Gasteiger partial charge is 0.323 e. The van der Waals surface area contributed by atoms with Crippen molar-refractivity contribution < 1.29 is 9.59 Å². The number of nitrogens with zero attached hydrogens (tertiary/aromatic N) is 2. The Balaban J connectivity index is 1.62. The highest BCUT2D eigenvalue weighted by Crippen LogP contribution is 2.37. The van der Waals surface area contributed by atoms with Crippen LogP contribution in [0, 0.1) is 11.3 Å². The number of anilines is 2. The van der Waals surface area contributed by atoms with E-state index in [1.165, 1.54) is 4.90 Å². The van der Waals surface area contributed by atoms with Gasteiger partial charge in [0.25, 0.3) is 5.91 Å². The summed E-state index contributed by atoms with van der Waals surface area (Å²) in [5.41, 5.74) is 1.09. The SMILES string of the molecule is CN(C(=O)c1ccc(NC(=O)Nc2ccccc2)cc1)C1(C#N)CCC1. The topological polar surface area (TPSA) is 85.2 Å². The fourth-order valence-electron chi connectivity index (χ4n) is 2.93. The molecule has 0 bridgehead atoms. The number of nitrogens with one attached hydrogen (secondary N) is 2. The number of rotatable bonds is 4. The van der Waals surface area contributed by atoms with E-state index in [-0.39, 0.29) is 11.9 Å². The summed E-state index contributed by atoms with van der Waals surface area (Å²) in [6.45, 7) is 0. The van der Waals surface area contributed by atoms with Gasteiger partial charge in [-0.1, -0.05) is 18.2 Å². The minimum atomic E-state index is -0.677. The van der Waals surface area contributed by atoms with Gasteiger partial charge in [-0.2, -0.15) is 5.26 Å². The molecule has 0 aromatic heterocycles. The first-order valence-electron chi connectivity index (χ1n) is 8.47. The van der Waals surface area contributed by atoms with Gasteiger partial charge in [0.05, 0.1) is 6.07 Å². The van der Waals surface area contributed by atoms with E-state index in [0.29, 0.717) is 29.8 Å². The summed E-state index contributed by atoms with van der Waals surface area (Å²) in [5, 5.41) is 14.8. The summed E-state index contributed by atoms with van der Waals surface area (Å²) in [5.74, 6) is -0.188. The Hall–Kier alpha value is -3.33. The van der Waals surface area contributed by atoms with E-state index in [2.05, 4.69) is 16.7 Å². The summed E-state index contributed by atoms with van der Waals surface area (Å²) in [4.78, 5) is 26.1. The normalized spacial score (nSPS) is 14.5. The van der Waals surface area contributed by atoms with Gasteiger partial charge in [-0.05, 0) is 55.7 Å². The van der Waals surface area contributed by atoms with Crippen molar-refractivity contribution in [3.05, 3.63) is 60.2 Å². The van der Waals surface area contributed by atoms with E-state index < -0.39 is 5.54 Å². The first-order valence-corrected chi connectivity index (χ1v) is 8.47. The van der Waals surface area contributed by atoms with Crippen LogP contribution in [0.5, 0.6) is 0 Å². The highest BCUT2D eigenvalue weighted by molar-refractivity contribution is 6.00.